The Morgan fingerprint density at radius 3 is 2.68 bits per heavy atom. The maximum absolute atomic E-state index is 13.0. The number of benzene rings is 1. The van der Waals surface area contributed by atoms with Gasteiger partial charge < -0.3 is 16.0 Å². The molecule has 0 saturated carbocycles. The Morgan fingerprint density at radius 2 is 1.94 bits per heavy atom. The van der Waals surface area contributed by atoms with Gasteiger partial charge in [0.05, 0.1) is 10.6 Å². The lowest BCUT2D eigenvalue weighted by atomic mass is 9.86. The van der Waals surface area contributed by atoms with E-state index < -0.39 is 0 Å². The number of nitrogens with one attached hydrogen (secondary N) is 3. The summed E-state index contributed by atoms with van der Waals surface area (Å²) < 4.78 is 0. The quantitative estimate of drug-likeness (QED) is 0.512. The van der Waals surface area contributed by atoms with E-state index in [1.165, 1.54) is 11.8 Å². The molecule has 4 rings (SSSR count). The SMILES string of the molecule is O=C(Nc1ccc(Cl)cn1)c1ccccc1NC(Cc1cccnc1)C1CCNCC1. The van der Waals surface area contributed by atoms with Crippen LogP contribution in [0.25, 0.3) is 0 Å². The van der Waals surface area contributed by atoms with Crippen molar-refractivity contribution in [3.63, 3.8) is 0 Å². The summed E-state index contributed by atoms with van der Waals surface area (Å²) in [7, 11) is 0. The van der Waals surface area contributed by atoms with Crippen molar-refractivity contribution in [3.8, 4) is 0 Å². The first-order valence-corrected chi connectivity index (χ1v) is 10.9. The van der Waals surface area contributed by atoms with Crippen LogP contribution >= 0.6 is 11.6 Å². The van der Waals surface area contributed by atoms with Crippen molar-refractivity contribution in [2.45, 2.75) is 25.3 Å². The van der Waals surface area contributed by atoms with Gasteiger partial charge in [0.2, 0.25) is 0 Å². The average Bonchev–Trinajstić information content (AvgIpc) is 2.82. The van der Waals surface area contributed by atoms with Crippen LogP contribution in [0.15, 0.2) is 67.1 Å². The lowest BCUT2D eigenvalue weighted by Crippen LogP contribution is -2.39. The second-order valence-corrected chi connectivity index (χ2v) is 8.20. The van der Waals surface area contributed by atoms with Crippen LogP contribution in [0, 0.1) is 5.92 Å². The number of halogens is 1. The van der Waals surface area contributed by atoms with Gasteiger partial charge in [-0.2, -0.15) is 0 Å². The summed E-state index contributed by atoms with van der Waals surface area (Å²) in [6.07, 6.45) is 8.28. The molecular weight excluding hydrogens is 410 g/mol. The molecule has 0 bridgehead atoms. The molecule has 1 fully saturated rings. The van der Waals surface area contributed by atoms with Crippen LogP contribution in [0.5, 0.6) is 0 Å². The van der Waals surface area contributed by atoms with Crippen LogP contribution in [0.3, 0.4) is 0 Å². The maximum atomic E-state index is 13.0. The topological polar surface area (TPSA) is 78.9 Å². The van der Waals surface area contributed by atoms with Crippen LogP contribution in [0.4, 0.5) is 11.5 Å². The fraction of sp³-hybridized carbons (Fsp3) is 0.292. The molecule has 1 saturated heterocycles. The molecule has 1 aromatic carbocycles. The molecule has 1 unspecified atom stereocenters. The van der Waals surface area contributed by atoms with Gasteiger partial charge >= 0.3 is 0 Å². The zero-order valence-corrected chi connectivity index (χ0v) is 18.0. The number of aromatic nitrogens is 2. The van der Waals surface area contributed by atoms with Gasteiger partial charge in [0.15, 0.2) is 0 Å². The highest BCUT2D eigenvalue weighted by atomic mass is 35.5. The lowest BCUT2D eigenvalue weighted by Gasteiger charge is -2.32. The number of amides is 1. The smallest absolute Gasteiger partial charge is 0.258 e. The van der Waals surface area contributed by atoms with Crippen LogP contribution in [0.1, 0.15) is 28.8 Å². The molecule has 3 heterocycles. The Labute approximate surface area is 187 Å². The Morgan fingerprint density at radius 1 is 1.10 bits per heavy atom. The molecular formula is C24H26ClN5O. The van der Waals surface area contributed by atoms with Crippen molar-refractivity contribution in [1.82, 2.24) is 15.3 Å². The van der Waals surface area contributed by atoms with E-state index in [0.29, 0.717) is 22.3 Å². The normalized spacial score (nSPS) is 15.3. The van der Waals surface area contributed by atoms with Gasteiger partial charge in [0, 0.05) is 30.3 Å². The van der Waals surface area contributed by atoms with Gasteiger partial charge in [-0.3, -0.25) is 9.78 Å². The van der Waals surface area contributed by atoms with Crippen molar-refractivity contribution in [2.75, 3.05) is 23.7 Å². The van der Waals surface area contributed by atoms with E-state index in [-0.39, 0.29) is 11.9 Å². The number of anilines is 2. The van der Waals surface area contributed by atoms with Crippen molar-refractivity contribution >= 4 is 29.0 Å². The molecule has 3 aromatic rings. The maximum Gasteiger partial charge on any atom is 0.258 e. The summed E-state index contributed by atoms with van der Waals surface area (Å²) in [5, 5.41) is 10.5. The lowest BCUT2D eigenvalue weighted by molar-refractivity contribution is 0.102. The molecule has 0 spiro atoms. The number of para-hydroxylation sites is 1. The summed E-state index contributed by atoms with van der Waals surface area (Å²) in [6, 6.07) is 15.3. The fourth-order valence-electron chi connectivity index (χ4n) is 4.00. The standard InChI is InChI=1S/C24H26ClN5O/c25-19-7-8-23(28-16-19)30-24(31)20-5-1-2-6-21(20)29-22(18-9-12-26-13-10-18)14-17-4-3-11-27-15-17/h1-8,11,15-16,18,22,26,29H,9-10,12-14H2,(H,28,30,31). The third-order valence-electron chi connectivity index (χ3n) is 5.61. The number of rotatable bonds is 7. The molecule has 3 N–H and O–H groups in total. The number of carbonyl (C=O) groups is 1. The predicted molar refractivity (Wildman–Crippen MR) is 125 cm³/mol. The molecule has 31 heavy (non-hydrogen) atoms. The number of hydrogen-bond acceptors (Lipinski definition) is 5. The Bertz CT molecular complexity index is 990. The number of carbonyl (C=O) groups excluding carboxylic acids is 1. The summed E-state index contributed by atoms with van der Waals surface area (Å²) in [5.41, 5.74) is 2.59. The first kappa shape index (κ1) is 21.3. The summed E-state index contributed by atoms with van der Waals surface area (Å²) in [4.78, 5) is 21.4. The second kappa shape index (κ2) is 10.4. The van der Waals surface area contributed by atoms with Gasteiger partial charge in [-0.05, 0) is 74.2 Å². The van der Waals surface area contributed by atoms with Crippen molar-refractivity contribution in [2.24, 2.45) is 5.92 Å². The van der Waals surface area contributed by atoms with Gasteiger partial charge in [-0.15, -0.1) is 0 Å². The zero-order chi connectivity index (χ0) is 21.5. The summed E-state index contributed by atoms with van der Waals surface area (Å²) >= 11 is 5.89. The number of piperidine rings is 1. The van der Waals surface area contributed by atoms with Crippen LogP contribution in [-0.2, 0) is 6.42 Å². The van der Waals surface area contributed by atoms with Gasteiger partial charge in [0.1, 0.15) is 5.82 Å². The first-order valence-electron chi connectivity index (χ1n) is 10.6. The van der Waals surface area contributed by atoms with E-state index >= 15 is 0 Å². The number of hydrogen-bond donors (Lipinski definition) is 3. The van der Waals surface area contributed by atoms with Crippen molar-refractivity contribution in [1.29, 1.82) is 0 Å². The molecule has 160 valence electrons. The van der Waals surface area contributed by atoms with Crippen molar-refractivity contribution < 1.29 is 4.79 Å². The molecule has 6 nitrogen and oxygen atoms in total. The molecule has 1 amide bonds. The van der Waals surface area contributed by atoms with E-state index in [2.05, 4.69) is 32.0 Å². The minimum atomic E-state index is -0.205. The molecule has 0 radical (unpaired) electrons. The second-order valence-electron chi connectivity index (χ2n) is 7.77. The number of nitrogens with zero attached hydrogens (tertiary/aromatic N) is 2. The first-order chi connectivity index (χ1) is 15.2. The van der Waals surface area contributed by atoms with E-state index in [1.54, 1.807) is 18.3 Å². The van der Waals surface area contributed by atoms with E-state index in [4.69, 9.17) is 11.6 Å². The van der Waals surface area contributed by atoms with Crippen molar-refractivity contribution in [3.05, 3.63) is 83.3 Å². The average molecular weight is 436 g/mol. The van der Waals surface area contributed by atoms with Gasteiger partial charge in [-0.1, -0.05) is 29.8 Å². The molecule has 1 aliphatic heterocycles. The van der Waals surface area contributed by atoms with E-state index in [9.17, 15) is 4.79 Å². The van der Waals surface area contributed by atoms with Gasteiger partial charge in [0.25, 0.3) is 5.91 Å². The Balaban J connectivity index is 1.55. The Hall–Kier alpha value is -2.96. The minimum absolute atomic E-state index is 0.203. The van der Waals surface area contributed by atoms with Crippen LogP contribution < -0.4 is 16.0 Å². The largest absolute Gasteiger partial charge is 0.381 e. The van der Waals surface area contributed by atoms with Gasteiger partial charge in [-0.25, -0.2) is 4.98 Å². The molecule has 1 atom stereocenters. The van der Waals surface area contributed by atoms with E-state index in [0.717, 1.165) is 38.0 Å². The highest BCUT2D eigenvalue weighted by Gasteiger charge is 2.25. The molecule has 1 aliphatic rings. The molecule has 0 aliphatic carbocycles. The third-order valence-corrected chi connectivity index (χ3v) is 5.84. The minimum Gasteiger partial charge on any atom is -0.381 e. The Kier molecular flexibility index (Phi) is 7.12. The monoisotopic (exact) mass is 435 g/mol. The molecule has 2 aromatic heterocycles. The fourth-order valence-corrected chi connectivity index (χ4v) is 4.11. The molecule has 7 heteroatoms. The van der Waals surface area contributed by atoms with E-state index in [1.807, 2.05) is 36.5 Å². The summed E-state index contributed by atoms with van der Waals surface area (Å²) in [5.74, 6) is 0.772. The summed E-state index contributed by atoms with van der Waals surface area (Å²) in [6.45, 7) is 2.03. The van der Waals surface area contributed by atoms with Crippen LogP contribution in [-0.4, -0.2) is 35.0 Å². The highest BCUT2D eigenvalue weighted by Crippen LogP contribution is 2.26. The highest BCUT2D eigenvalue weighted by molar-refractivity contribution is 6.30. The predicted octanol–water partition coefficient (Wildman–Crippen LogP) is 4.41. The number of pyridine rings is 2. The zero-order valence-electron chi connectivity index (χ0n) is 17.2. The van der Waals surface area contributed by atoms with Crippen LogP contribution in [0.2, 0.25) is 5.02 Å². The third kappa shape index (κ3) is 5.81.